The summed E-state index contributed by atoms with van der Waals surface area (Å²) in [5.41, 5.74) is 2.08. The molecule has 1 N–H and O–H groups in total. The van der Waals surface area contributed by atoms with E-state index in [-0.39, 0.29) is 23.7 Å². The third kappa shape index (κ3) is 3.03. The maximum absolute atomic E-state index is 11.9. The molecule has 0 saturated carbocycles. The lowest BCUT2D eigenvalue weighted by Gasteiger charge is -2.32. The van der Waals surface area contributed by atoms with Crippen molar-refractivity contribution in [1.82, 2.24) is 5.32 Å². The molecule has 0 bridgehead atoms. The summed E-state index contributed by atoms with van der Waals surface area (Å²) in [5.74, 6) is -0.418. The molecule has 0 aromatic heterocycles. The SMILES string of the molecule is O=CC1CCN(c2ccc([C@H]3CCC(=O)NC3=O)cc2)CC1. The van der Waals surface area contributed by atoms with Crippen LogP contribution in [-0.2, 0) is 14.4 Å². The van der Waals surface area contributed by atoms with Crippen LogP contribution in [0.5, 0.6) is 0 Å². The van der Waals surface area contributed by atoms with E-state index in [1.165, 1.54) is 0 Å². The molecule has 1 aromatic carbocycles. The van der Waals surface area contributed by atoms with Gasteiger partial charge in [-0.2, -0.15) is 0 Å². The Morgan fingerprint density at radius 2 is 1.73 bits per heavy atom. The van der Waals surface area contributed by atoms with Crippen molar-refractivity contribution in [2.24, 2.45) is 5.92 Å². The number of nitrogens with zero attached hydrogens (tertiary/aromatic N) is 1. The first-order valence-corrected chi connectivity index (χ1v) is 7.81. The third-order valence-corrected chi connectivity index (χ3v) is 4.63. The Hall–Kier alpha value is -2.17. The summed E-state index contributed by atoms with van der Waals surface area (Å²) in [6.45, 7) is 1.78. The molecule has 1 atom stereocenters. The molecule has 0 aliphatic carbocycles. The Morgan fingerprint density at radius 1 is 1.05 bits per heavy atom. The van der Waals surface area contributed by atoms with Crippen LogP contribution in [0.4, 0.5) is 5.69 Å². The molecular formula is C17H20N2O3. The first-order valence-electron chi connectivity index (χ1n) is 7.81. The van der Waals surface area contributed by atoms with Crippen LogP contribution < -0.4 is 10.2 Å². The number of amides is 2. The standard InChI is InChI=1S/C17H20N2O3/c20-11-12-7-9-19(10-8-12)14-3-1-13(2-4-14)15-5-6-16(21)18-17(15)22/h1-4,11-12,15H,5-10H2,(H,18,21,22)/t15-/m1/s1. The van der Waals surface area contributed by atoms with Crippen molar-refractivity contribution in [3.8, 4) is 0 Å². The van der Waals surface area contributed by atoms with Crippen LogP contribution in [0.3, 0.4) is 0 Å². The summed E-state index contributed by atoms with van der Waals surface area (Å²) in [6.07, 6.45) is 3.84. The average Bonchev–Trinajstić information content (AvgIpc) is 2.55. The molecule has 0 spiro atoms. The van der Waals surface area contributed by atoms with Gasteiger partial charge in [0.25, 0.3) is 0 Å². The lowest BCUT2D eigenvalue weighted by Crippen LogP contribution is -2.39. The van der Waals surface area contributed by atoms with Crippen molar-refractivity contribution >= 4 is 23.8 Å². The van der Waals surface area contributed by atoms with E-state index >= 15 is 0 Å². The van der Waals surface area contributed by atoms with E-state index in [4.69, 9.17) is 0 Å². The number of rotatable bonds is 3. The monoisotopic (exact) mass is 300 g/mol. The second-order valence-corrected chi connectivity index (χ2v) is 6.06. The number of hydrogen-bond acceptors (Lipinski definition) is 4. The van der Waals surface area contributed by atoms with Gasteiger partial charge in [-0.05, 0) is 37.0 Å². The van der Waals surface area contributed by atoms with Crippen LogP contribution in [-0.4, -0.2) is 31.2 Å². The molecule has 2 heterocycles. The zero-order chi connectivity index (χ0) is 15.5. The number of carbonyl (C=O) groups is 3. The molecule has 0 unspecified atom stereocenters. The number of hydrogen-bond donors (Lipinski definition) is 1. The van der Waals surface area contributed by atoms with Gasteiger partial charge in [-0.25, -0.2) is 0 Å². The van der Waals surface area contributed by atoms with E-state index in [1.54, 1.807) is 0 Å². The van der Waals surface area contributed by atoms with E-state index in [2.05, 4.69) is 10.2 Å². The Labute approximate surface area is 129 Å². The molecule has 2 aliphatic rings. The van der Waals surface area contributed by atoms with Crippen LogP contribution >= 0.6 is 0 Å². The van der Waals surface area contributed by atoms with E-state index in [0.717, 1.165) is 43.5 Å². The molecule has 3 rings (SSSR count). The van der Waals surface area contributed by atoms with Gasteiger partial charge in [0.05, 0.1) is 5.92 Å². The predicted octanol–water partition coefficient (Wildman–Crippen LogP) is 1.62. The smallest absolute Gasteiger partial charge is 0.234 e. The number of piperidine rings is 2. The maximum atomic E-state index is 11.9. The lowest BCUT2D eigenvalue weighted by molar-refractivity contribution is -0.134. The molecule has 5 nitrogen and oxygen atoms in total. The van der Waals surface area contributed by atoms with Crippen LogP contribution in [0, 0.1) is 5.92 Å². The Bertz CT molecular complexity index is 574. The molecule has 1 aromatic rings. The maximum Gasteiger partial charge on any atom is 0.234 e. The molecule has 116 valence electrons. The topological polar surface area (TPSA) is 66.5 Å². The van der Waals surface area contributed by atoms with Gasteiger partial charge in [-0.15, -0.1) is 0 Å². The molecule has 5 heteroatoms. The summed E-state index contributed by atoms with van der Waals surface area (Å²) in [4.78, 5) is 36.2. The first-order chi connectivity index (χ1) is 10.7. The fourth-order valence-electron chi connectivity index (χ4n) is 3.22. The minimum absolute atomic E-state index is 0.184. The fourth-order valence-corrected chi connectivity index (χ4v) is 3.22. The number of imide groups is 1. The number of carbonyl (C=O) groups excluding carboxylic acids is 3. The van der Waals surface area contributed by atoms with Gasteiger partial charge < -0.3 is 9.69 Å². The van der Waals surface area contributed by atoms with Gasteiger partial charge in [0.1, 0.15) is 6.29 Å². The van der Waals surface area contributed by atoms with Crippen LogP contribution in [0.25, 0.3) is 0 Å². The van der Waals surface area contributed by atoms with Crippen LogP contribution in [0.2, 0.25) is 0 Å². The molecule has 2 fully saturated rings. The van der Waals surface area contributed by atoms with Gasteiger partial charge in [0.15, 0.2) is 0 Å². The summed E-state index contributed by atoms with van der Waals surface area (Å²) >= 11 is 0. The van der Waals surface area contributed by atoms with Crippen molar-refractivity contribution in [3.63, 3.8) is 0 Å². The molecule has 2 aliphatic heterocycles. The highest BCUT2D eigenvalue weighted by molar-refractivity contribution is 6.00. The van der Waals surface area contributed by atoms with Crippen molar-refractivity contribution < 1.29 is 14.4 Å². The zero-order valence-corrected chi connectivity index (χ0v) is 12.5. The first kappa shape index (κ1) is 14.8. The number of benzene rings is 1. The molecule has 22 heavy (non-hydrogen) atoms. The zero-order valence-electron chi connectivity index (χ0n) is 12.5. The van der Waals surface area contributed by atoms with Gasteiger partial charge in [-0.3, -0.25) is 14.9 Å². The van der Waals surface area contributed by atoms with Crippen molar-refractivity contribution in [3.05, 3.63) is 29.8 Å². The molecule has 2 saturated heterocycles. The predicted molar refractivity (Wildman–Crippen MR) is 82.6 cm³/mol. The van der Waals surface area contributed by atoms with E-state index < -0.39 is 0 Å². The van der Waals surface area contributed by atoms with E-state index in [9.17, 15) is 14.4 Å². The van der Waals surface area contributed by atoms with E-state index in [0.29, 0.717) is 12.8 Å². The van der Waals surface area contributed by atoms with Crippen molar-refractivity contribution in [1.29, 1.82) is 0 Å². The summed E-state index contributed by atoms with van der Waals surface area (Å²) < 4.78 is 0. The number of anilines is 1. The molecular weight excluding hydrogens is 280 g/mol. The Balaban J connectivity index is 1.67. The van der Waals surface area contributed by atoms with Crippen LogP contribution in [0.15, 0.2) is 24.3 Å². The number of nitrogens with one attached hydrogen (secondary N) is 1. The second kappa shape index (κ2) is 6.30. The highest BCUT2D eigenvalue weighted by Gasteiger charge is 2.28. The average molecular weight is 300 g/mol. The highest BCUT2D eigenvalue weighted by Crippen LogP contribution is 2.28. The van der Waals surface area contributed by atoms with Gasteiger partial charge in [0.2, 0.25) is 11.8 Å². The minimum atomic E-state index is -0.229. The second-order valence-electron chi connectivity index (χ2n) is 6.06. The van der Waals surface area contributed by atoms with Gasteiger partial charge in [-0.1, -0.05) is 12.1 Å². The quantitative estimate of drug-likeness (QED) is 0.680. The Morgan fingerprint density at radius 3 is 2.32 bits per heavy atom. The molecule has 2 amide bonds. The fraction of sp³-hybridized carbons (Fsp3) is 0.471. The third-order valence-electron chi connectivity index (χ3n) is 4.63. The minimum Gasteiger partial charge on any atom is -0.371 e. The van der Waals surface area contributed by atoms with Crippen LogP contribution in [0.1, 0.15) is 37.2 Å². The summed E-state index contributed by atoms with van der Waals surface area (Å²) in [5, 5.41) is 2.40. The van der Waals surface area contributed by atoms with Crippen molar-refractivity contribution in [2.45, 2.75) is 31.6 Å². The van der Waals surface area contributed by atoms with Crippen molar-refractivity contribution in [2.75, 3.05) is 18.0 Å². The van der Waals surface area contributed by atoms with Gasteiger partial charge in [0, 0.05) is 31.1 Å². The molecule has 0 radical (unpaired) electrons. The summed E-state index contributed by atoms with van der Waals surface area (Å²) in [6, 6.07) is 8.00. The lowest BCUT2D eigenvalue weighted by atomic mass is 9.90. The van der Waals surface area contributed by atoms with E-state index in [1.807, 2.05) is 24.3 Å². The number of aldehydes is 1. The normalized spacial score (nSPS) is 23.3. The van der Waals surface area contributed by atoms with Gasteiger partial charge >= 0.3 is 0 Å². The highest BCUT2D eigenvalue weighted by atomic mass is 16.2. The summed E-state index contributed by atoms with van der Waals surface area (Å²) in [7, 11) is 0. The largest absolute Gasteiger partial charge is 0.371 e. The Kier molecular flexibility index (Phi) is 4.22.